The van der Waals surface area contributed by atoms with Crippen molar-refractivity contribution >= 4 is 31.0 Å². The van der Waals surface area contributed by atoms with Crippen LogP contribution in [-0.2, 0) is 18.1 Å². The van der Waals surface area contributed by atoms with Crippen molar-refractivity contribution in [2.24, 2.45) is 0 Å². The van der Waals surface area contributed by atoms with E-state index in [2.05, 4.69) is 13.6 Å². The Bertz CT molecular complexity index is 205. The quantitative estimate of drug-likeness (QED) is 0.421. The molecule has 0 saturated heterocycles. The lowest BCUT2D eigenvalue weighted by Crippen LogP contribution is -1.99. The molecule has 78 valence electrons. The zero-order valence-electron chi connectivity index (χ0n) is 6.22. The lowest BCUT2D eigenvalue weighted by atomic mass is 11.2. The van der Waals surface area contributed by atoms with Crippen molar-refractivity contribution in [3.8, 4) is 0 Å². The summed E-state index contributed by atoms with van der Waals surface area (Å²) in [5.41, 5.74) is 0. The van der Waals surface area contributed by atoms with Crippen LogP contribution in [0.5, 0.6) is 0 Å². The summed E-state index contributed by atoms with van der Waals surface area (Å²) in [6, 6.07) is 0. The molecule has 0 heterocycles. The Morgan fingerprint density at radius 2 is 1.77 bits per heavy atom. The summed E-state index contributed by atoms with van der Waals surface area (Å²) in [6.45, 7) is -1.80. The minimum Gasteiger partial charge on any atom is -0.409 e. The number of phosphoric acid groups is 1. The van der Waals surface area contributed by atoms with Gasteiger partial charge in [0.15, 0.2) is 13.6 Å². The zero-order chi connectivity index (χ0) is 10.3. The van der Waals surface area contributed by atoms with Crippen LogP contribution in [0, 0.1) is 0 Å². The van der Waals surface area contributed by atoms with Crippen molar-refractivity contribution in [3.05, 3.63) is 10.8 Å². The average Bonchev–Trinajstić information content (AvgIpc) is 2.02. The summed E-state index contributed by atoms with van der Waals surface area (Å²) < 4.78 is 23.5. The van der Waals surface area contributed by atoms with Gasteiger partial charge in [0, 0.05) is 0 Å². The van der Waals surface area contributed by atoms with E-state index in [0.29, 0.717) is 6.26 Å². The van der Waals surface area contributed by atoms with Crippen LogP contribution in [0.1, 0.15) is 0 Å². The average molecular weight is 253 g/mol. The molecule has 0 spiro atoms. The highest BCUT2D eigenvalue weighted by molar-refractivity contribution is 7.48. The molecule has 0 radical (unpaired) electrons. The third-order valence-corrected chi connectivity index (χ3v) is 2.11. The van der Waals surface area contributed by atoms with Gasteiger partial charge in [0.2, 0.25) is 0 Å². The van der Waals surface area contributed by atoms with E-state index in [4.69, 9.17) is 33.4 Å². The molecule has 0 unspecified atom stereocenters. The Morgan fingerprint density at radius 3 is 2.08 bits per heavy atom. The van der Waals surface area contributed by atoms with Crippen molar-refractivity contribution in [3.63, 3.8) is 0 Å². The van der Waals surface area contributed by atoms with E-state index in [9.17, 15) is 4.57 Å². The monoisotopic (exact) mass is 252 g/mol. The molecule has 6 nitrogen and oxygen atoms in total. The van der Waals surface area contributed by atoms with Crippen molar-refractivity contribution in [1.29, 1.82) is 0 Å². The molecule has 0 aliphatic rings. The van der Waals surface area contributed by atoms with E-state index >= 15 is 0 Å². The van der Waals surface area contributed by atoms with Gasteiger partial charge in [0.1, 0.15) is 10.8 Å². The van der Waals surface area contributed by atoms with E-state index in [1.165, 1.54) is 0 Å². The summed E-state index contributed by atoms with van der Waals surface area (Å²) in [7, 11) is -4.02. The topological polar surface area (TPSA) is 85.2 Å². The summed E-state index contributed by atoms with van der Waals surface area (Å²) in [6.07, 6.45) is 0.690. The van der Waals surface area contributed by atoms with Gasteiger partial charge >= 0.3 is 7.82 Å². The molecule has 2 N–H and O–H groups in total. The van der Waals surface area contributed by atoms with Crippen LogP contribution in [0.15, 0.2) is 10.8 Å². The second-order valence-corrected chi connectivity index (χ2v) is 4.11. The first-order chi connectivity index (χ1) is 6.04. The first-order valence-corrected chi connectivity index (χ1v) is 5.06. The normalized spacial score (nSPS) is 11.1. The van der Waals surface area contributed by atoms with E-state index in [-0.39, 0.29) is 4.49 Å². The smallest absolute Gasteiger partial charge is 0.409 e. The van der Waals surface area contributed by atoms with Crippen molar-refractivity contribution in [2.75, 3.05) is 13.6 Å². The van der Waals surface area contributed by atoms with E-state index < -0.39 is 21.4 Å². The van der Waals surface area contributed by atoms with Gasteiger partial charge in [0.25, 0.3) is 0 Å². The number of rotatable bonds is 6. The predicted molar refractivity (Wildman–Crippen MR) is 44.8 cm³/mol. The number of hydrogen-bond acceptors (Lipinski definition) is 6. The number of halogens is 2. The predicted octanol–water partition coefficient (Wildman–Crippen LogP) is 1.32. The summed E-state index contributed by atoms with van der Waals surface area (Å²) in [4.78, 5) is 0. The molecule has 0 rings (SSSR count). The van der Waals surface area contributed by atoms with Crippen LogP contribution in [-0.4, -0.2) is 23.8 Å². The maximum Gasteiger partial charge on any atom is 0.533 e. The third kappa shape index (κ3) is 6.29. The number of phosphoric ester groups is 1. The highest BCUT2D eigenvalue weighted by atomic mass is 35.5. The Hall–Kier alpha value is 0.190. The molecule has 0 amide bonds. The molecule has 0 atom stereocenters. The fourth-order valence-electron chi connectivity index (χ4n) is 0.344. The van der Waals surface area contributed by atoms with Crippen LogP contribution in [0.25, 0.3) is 0 Å². The molecule has 0 saturated carbocycles. The molecular weight excluding hydrogens is 246 g/mol. The number of aliphatic hydroxyl groups is 2. The lowest BCUT2D eigenvalue weighted by molar-refractivity contribution is 0.0141. The standard InChI is InChI=1S/C4H7Cl2O6P/c5-4(6)1-10-13(9,11-2-7)12-3-8/h1,7-8H,2-3H2. The fraction of sp³-hybridized carbons (Fsp3) is 0.500. The van der Waals surface area contributed by atoms with Gasteiger partial charge in [-0.3, -0.25) is 0 Å². The Balaban J connectivity index is 4.24. The van der Waals surface area contributed by atoms with Crippen LogP contribution in [0.2, 0.25) is 0 Å². The highest BCUT2D eigenvalue weighted by Gasteiger charge is 2.26. The Morgan fingerprint density at radius 1 is 1.31 bits per heavy atom. The van der Waals surface area contributed by atoms with Crippen molar-refractivity contribution in [2.45, 2.75) is 0 Å². The van der Waals surface area contributed by atoms with Crippen LogP contribution in [0.3, 0.4) is 0 Å². The van der Waals surface area contributed by atoms with E-state index in [1.54, 1.807) is 0 Å². The second kappa shape index (κ2) is 6.62. The summed E-state index contributed by atoms with van der Waals surface area (Å²) in [5, 5.41) is 16.5. The molecule has 13 heavy (non-hydrogen) atoms. The van der Waals surface area contributed by atoms with Gasteiger partial charge in [-0.25, -0.2) is 13.6 Å². The van der Waals surface area contributed by atoms with Crippen LogP contribution < -0.4 is 0 Å². The maximum absolute atomic E-state index is 11.2. The minimum absolute atomic E-state index is 0.316. The molecular formula is C4H7Cl2O6P. The fourth-order valence-corrected chi connectivity index (χ4v) is 1.27. The number of aliphatic hydroxyl groups excluding tert-OH is 2. The molecule has 9 heteroatoms. The Labute approximate surface area is 84.2 Å². The number of hydrogen-bond donors (Lipinski definition) is 2. The lowest BCUT2D eigenvalue weighted by Gasteiger charge is -2.12. The summed E-state index contributed by atoms with van der Waals surface area (Å²) >= 11 is 10.3. The highest BCUT2D eigenvalue weighted by Crippen LogP contribution is 2.49. The Kier molecular flexibility index (Phi) is 6.71. The molecule has 0 bridgehead atoms. The summed E-state index contributed by atoms with van der Waals surface area (Å²) in [5.74, 6) is 0. The first kappa shape index (κ1) is 13.2. The van der Waals surface area contributed by atoms with Crippen molar-refractivity contribution in [1.82, 2.24) is 0 Å². The molecule has 0 aliphatic heterocycles. The second-order valence-electron chi connectivity index (χ2n) is 1.48. The maximum atomic E-state index is 11.2. The molecule has 0 aliphatic carbocycles. The van der Waals surface area contributed by atoms with Gasteiger partial charge < -0.3 is 14.7 Å². The minimum atomic E-state index is -4.02. The van der Waals surface area contributed by atoms with Gasteiger partial charge in [0.05, 0.1) is 0 Å². The van der Waals surface area contributed by atoms with Crippen molar-refractivity contribution < 1.29 is 28.3 Å². The molecule has 0 fully saturated rings. The van der Waals surface area contributed by atoms with Crippen LogP contribution >= 0.6 is 31.0 Å². The molecule has 0 aromatic heterocycles. The van der Waals surface area contributed by atoms with E-state index in [0.717, 1.165) is 0 Å². The first-order valence-electron chi connectivity index (χ1n) is 2.84. The van der Waals surface area contributed by atoms with Gasteiger partial charge in [-0.2, -0.15) is 0 Å². The van der Waals surface area contributed by atoms with E-state index in [1.807, 2.05) is 0 Å². The SMILES string of the molecule is O=P(OC=C(Cl)Cl)(OCO)OCO. The molecule has 0 aromatic rings. The van der Waals surface area contributed by atoms with Crippen LogP contribution in [0.4, 0.5) is 0 Å². The van der Waals surface area contributed by atoms with Gasteiger partial charge in [-0.1, -0.05) is 23.2 Å². The zero-order valence-corrected chi connectivity index (χ0v) is 8.63. The van der Waals surface area contributed by atoms with Gasteiger partial charge in [-0.05, 0) is 0 Å². The molecule has 0 aromatic carbocycles. The third-order valence-electron chi connectivity index (χ3n) is 0.703. The van der Waals surface area contributed by atoms with Gasteiger partial charge in [-0.15, -0.1) is 0 Å². The largest absolute Gasteiger partial charge is 0.533 e.